The zero-order chi connectivity index (χ0) is 23.8. The highest BCUT2D eigenvalue weighted by molar-refractivity contribution is 9.10. The van der Waals surface area contributed by atoms with Crippen LogP contribution in [0.3, 0.4) is 0 Å². The number of amides is 1. The number of aryl methyl sites for hydroxylation is 1. The van der Waals surface area contributed by atoms with Crippen LogP contribution in [0.5, 0.6) is 11.5 Å². The first-order chi connectivity index (χ1) is 15.9. The molecule has 3 aromatic rings. The third-order valence-electron chi connectivity index (χ3n) is 4.70. The molecule has 0 atom stereocenters. The van der Waals surface area contributed by atoms with Crippen molar-refractivity contribution in [3.63, 3.8) is 0 Å². The van der Waals surface area contributed by atoms with Gasteiger partial charge in [-0.15, -0.1) is 0 Å². The van der Waals surface area contributed by atoms with Gasteiger partial charge in [0.1, 0.15) is 18.2 Å². The van der Waals surface area contributed by atoms with Gasteiger partial charge in [-0.05, 0) is 73.0 Å². The molecular weight excluding hydrogens is 504 g/mol. The van der Waals surface area contributed by atoms with E-state index < -0.39 is 5.91 Å². The molecular formula is C26H22BrClN2O3. The smallest absolute Gasteiger partial charge is 0.266 e. The summed E-state index contributed by atoms with van der Waals surface area (Å²) in [7, 11) is 0. The summed E-state index contributed by atoms with van der Waals surface area (Å²) in [5.41, 5.74) is 3.02. The fourth-order valence-corrected chi connectivity index (χ4v) is 3.41. The minimum atomic E-state index is -0.517. The first-order valence-corrected chi connectivity index (χ1v) is 11.4. The van der Waals surface area contributed by atoms with E-state index in [-0.39, 0.29) is 5.57 Å². The molecule has 0 aliphatic heterocycles. The molecule has 0 radical (unpaired) electrons. The Morgan fingerprint density at radius 3 is 2.55 bits per heavy atom. The fraction of sp³-hybridized carbons (Fsp3) is 0.154. The van der Waals surface area contributed by atoms with Crippen molar-refractivity contribution in [2.24, 2.45) is 0 Å². The number of hydrogen-bond donors (Lipinski definition) is 1. The van der Waals surface area contributed by atoms with Crippen LogP contribution in [0.2, 0.25) is 5.02 Å². The maximum Gasteiger partial charge on any atom is 0.266 e. The first kappa shape index (κ1) is 24.4. The molecule has 0 saturated heterocycles. The van der Waals surface area contributed by atoms with Crippen molar-refractivity contribution in [3.05, 3.63) is 92.4 Å². The number of hydrogen-bond acceptors (Lipinski definition) is 4. The second-order valence-corrected chi connectivity index (χ2v) is 8.49. The highest BCUT2D eigenvalue weighted by atomic mass is 79.9. The van der Waals surface area contributed by atoms with Gasteiger partial charge in [0.25, 0.3) is 5.91 Å². The Hall–Kier alpha value is -3.27. The summed E-state index contributed by atoms with van der Waals surface area (Å²) in [6, 6.07) is 20.3. The van der Waals surface area contributed by atoms with Gasteiger partial charge in [0, 0.05) is 15.2 Å². The second kappa shape index (κ2) is 11.6. The van der Waals surface area contributed by atoms with Gasteiger partial charge in [-0.2, -0.15) is 5.26 Å². The molecule has 5 nitrogen and oxygen atoms in total. The molecule has 0 unspecified atom stereocenters. The van der Waals surface area contributed by atoms with E-state index in [9.17, 15) is 10.1 Å². The number of nitriles is 1. The Bertz CT molecular complexity index is 1220. The molecule has 0 heterocycles. The molecule has 1 N–H and O–H groups in total. The highest BCUT2D eigenvalue weighted by Gasteiger charge is 2.13. The van der Waals surface area contributed by atoms with Gasteiger partial charge in [-0.25, -0.2) is 0 Å². The van der Waals surface area contributed by atoms with E-state index in [1.54, 1.807) is 36.4 Å². The molecule has 168 valence electrons. The van der Waals surface area contributed by atoms with E-state index in [0.717, 1.165) is 15.6 Å². The number of benzene rings is 3. The number of ether oxygens (including phenoxy) is 2. The summed E-state index contributed by atoms with van der Waals surface area (Å²) < 4.78 is 12.7. The van der Waals surface area contributed by atoms with Crippen LogP contribution in [0.1, 0.15) is 23.6 Å². The van der Waals surface area contributed by atoms with Crippen molar-refractivity contribution in [2.75, 3.05) is 11.9 Å². The Kier molecular flexibility index (Phi) is 8.53. The summed E-state index contributed by atoms with van der Waals surface area (Å²) >= 11 is 9.44. The summed E-state index contributed by atoms with van der Waals surface area (Å²) in [5.74, 6) is 0.595. The van der Waals surface area contributed by atoms with Crippen molar-refractivity contribution in [2.45, 2.75) is 20.5 Å². The van der Waals surface area contributed by atoms with E-state index in [1.807, 2.05) is 44.2 Å². The SMILES string of the molecule is CCOc1cc(/C=C(\C#N)C(=O)Nc2cc(Cl)ccc2C)ccc1OCc1ccc(Br)cc1. The van der Waals surface area contributed by atoms with Crippen LogP contribution in [0.15, 0.2) is 70.7 Å². The van der Waals surface area contributed by atoms with Gasteiger partial charge in [0.15, 0.2) is 11.5 Å². The van der Waals surface area contributed by atoms with Crippen molar-refractivity contribution in [3.8, 4) is 17.6 Å². The van der Waals surface area contributed by atoms with Gasteiger partial charge >= 0.3 is 0 Å². The van der Waals surface area contributed by atoms with Crippen molar-refractivity contribution in [1.82, 2.24) is 0 Å². The molecule has 1 amide bonds. The van der Waals surface area contributed by atoms with Crippen LogP contribution in [0.4, 0.5) is 5.69 Å². The van der Waals surface area contributed by atoms with Gasteiger partial charge < -0.3 is 14.8 Å². The van der Waals surface area contributed by atoms with Crippen molar-refractivity contribution < 1.29 is 14.3 Å². The van der Waals surface area contributed by atoms with E-state index in [0.29, 0.717) is 41.0 Å². The lowest BCUT2D eigenvalue weighted by atomic mass is 10.1. The number of anilines is 1. The zero-order valence-corrected chi connectivity index (χ0v) is 20.5. The normalized spacial score (nSPS) is 10.9. The summed E-state index contributed by atoms with van der Waals surface area (Å²) in [5, 5.41) is 12.8. The Labute approximate surface area is 206 Å². The highest BCUT2D eigenvalue weighted by Crippen LogP contribution is 2.30. The molecule has 0 aromatic heterocycles. The third-order valence-corrected chi connectivity index (χ3v) is 5.46. The monoisotopic (exact) mass is 524 g/mol. The number of rotatable bonds is 8. The number of carbonyl (C=O) groups is 1. The van der Waals surface area contributed by atoms with Crippen LogP contribution >= 0.6 is 27.5 Å². The standard InChI is InChI=1S/C26H22BrClN2O3/c1-3-32-25-13-19(7-11-24(25)33-16-18-5-8-21(27)9-6-18)12-20(15-29)26(31)30-23-14-22(28)10-4-17(23)2/h4-14H,3,16H2,1-2H3,(H,30,31)/b20-12+. The lowest BCUT2D eigenvalue weighted by Gasteiger charge is -2.13. The second-order valence-electron chi connectivity index (χ2n) is 7.14. The van der Waals surface area contributed by atoms with Crippen LogP contribution in [0, 0.1) is 18.3 Å². The van der Waals surface area contributed by atoms with Crippen LogP contribution in [-0.2, 0) is 11.4 Å². The van der Waals surface area contributed by atoms with Crippen LogP contribution < -0.4 is 14.8 Å². The third kappa shape index (κ3) is 6.85. The lowest BCUT2D eigenvalue weighted by molar-refractivity contribution is -0.112. The summed E-state index contributed by atoms with van der Waals surface area (Å²) in [4.78, 5) is 12.7. The maximum atomic E-state index is 12.7. The first-order valence-electron chi connectivity index (χ1n) is 10.2. The molecule has 0 aliphatic carbocycles. The van der Waals surface area contributed by atoms with Gasteiger partial charge in [0.2, 0.25) is 0 Å². The quantitative estimate of drug-likeness (QED) is 0.256. The lowest BCUT2D eigenvalue weighted by Crippen LogP contribution is -2.14. The predicted octanol–water partition coefficient (Wildman–Crippen LogP) is 6.93. The summed E-state index contributed by atoms with van der Waals surface area (Å²) in [6.45, 7) is 4.56. The molecule has 0 aliphatic rings. The van der Waals surface area contributed by atoms with E-state index in [4.69, 9.17) is 21.1 Å². The van der Waals surface area contributed by atoms with Crippen molar-refractivity contribution in [1.29, 1.82) is 5.26 Å². The molecule has 0 spiro atoms. The van der Waals surface area contributed by atoms with E-state index in [1.165, 1.54) is 6.08 Å². The van der Waals surface area contributed by atoms with Crippen LogP contribution in [0.25, 0.3) is 6.08 Å². The molecule has 0 saturated carbocycles. The Morgan fingerprint density at radius 1 is 1.09 bits per heavy atom. The number of nitrogens with one attached hydrogen (secondary N) is 1. The van der Waals surface area contributed by atoms with Gasteiger partial charge in [-0.3, -0.25) is 4.79 Å². The van der Waals surface area contributed by atoms with Gasteiger partial charge in [-0.1, -0.05) is 51.8 Å². The minimum Gasteiger partial charge on any atom is -0.490 e. The number of halogens is 2. The Balaban J connectivity index is 1.79. The molecule has 7 heteroatoms. The molecule has 3 rings (SSSR count). The minimum absolute atomic E-state index is 0.0413. The van der Waals surface area contributed by atoms with Crippen LogP contribution in [-0.4, -0.2) is 12.5 Å². The molecule has 0 fully saturated rings. The topological polar surface area (TPSA) is 71.3 Å². The summed E-state index contributed by atoms with van der Waals surface area (Å²) in [6.07, 6.45) is 1.51. The Morgan fingerprint density at radius 2 is 1.85 bits per heavy atom. The zero-order valence-electron chi connectivity index (χ0n) is 18.2. The van der Waals surface area contributed by atoms with Gasteiger partial charge in [0.05, 0.1) is 6.61 Å². The van der Waals surface area contributed by atoms with E-state index in [2.05, 4.69) is 21.2 Å². The fourth-order valence-electron chi connectivity index (χ4n) is 2.98. The maximum absolute atomic E-state index is 12.7. The van der Waals surface area contributed by atoms with Crippen molar-refractivity contribution >= 4 is 45.2 Å². The molecule has 3 aromatic carbocycles. The average molecular weight is 526 g/mol. The average Bonchev–Trinajstić information content (AvgIpc) is 2.80. The number of carbonyl (C=O) groups excluding carboxylic acids is 1. The molecule has 0 bridgehead atoms. The van der Waals surface area contributed by atoms with E-state index >= 15 is 0 Å². The predicted molar refractivity (Wildman–Crippen MR) is 134 cm³/mol. The number of nitrogens with zero attached hydrogens (tertiary/aromatic N) is 1. The molecule has 33 heavy (non-hydrogen) atoms. The largest absolute Gasteiger partial charge is 0.490 e.